The first-order valence-electron chi connectivity index (χ1n) is 7.39. The van der Waals surface area contributed by atoms with Gasteiger partial charge in [-0.1, -0.05) is 0 Å². The molecule has 2 heterocycles. The lowest BCUT2D eigenvalue weighted by atomic mass is 9.80. The summed E-state index contributed by atoms with van der Waals surface area (Å²) >= 11 is 0. The van der Waals surface area contributed by atoms with E-state index < -0.39 is 0 Å². The third kappa shape index (κ3) is 2.00. The van der Waals surface area contributed by atoms with E-state index in [0.29, 0.717) is 5.92 Å². The van der Waals surface area contributed by atoms with Gasteiger partial charge in [-0.25, -0.2) is 0 Å². The number of nitrogens with one attached hydrogen (secondary N) is 1. The van der Waals surface area contributed by atoms with Crippen LogP contribution in [0.25, 0.3) is 0 Å². The molecule has 2 atom stereocenters. The van der Waals surface area contributed by atoms with Crippen molar-refractivity contribution in [2.75, 3.05) is 19.8 Å². The minimum absolute atomic E-state index is 0.0993. The molecule has 0 spiro atoms. The van der Waals surface area contributed by atoms with Crippen molar-refractivity contribution in [2.45, 2.75) is 37.6 Å². The molecule has 1 aliphatic carbocycles. The average molecular weight is 259 g/mol. The summed E-state index contributed by atoms with van der Waals surface area (Å²) in [6.45, 7) is 5.00. The largest absolute Gasteiger partial charge is 0.493 e. The fraction of sp³-hybridized carbons (Fsp3) is 0.625. The van der Waals surface area contributed by atoms with Crippen molar-refractivity contribution in [1.82, 2.24) is 5.32 Å². The van der Waals surface area contributed by atoms with Crippen molar-refractivity contribution in [2.24, 2.45) is 5.92 Å². The predicted molar refractivity (Wildman–Crippen MR) is 73.9 cm³/mol. The molecule has 19 heavy (non-hydrogen) atoms. The van der Waals surface area contributed by atoms with Gasteiger partial charge in [0.05, 0.1) is 12.1 Å². The molecule has 3 heteroatoms. The van der Waals surface area contributed by atoms with Crippen molar-refractivity contribution >= 4 is 0 Å². The van der Waals surface area contributed by atoms with Crippen molar-refractivity contribution in [3.05, 3.63) is 23.8 Å². The maximum absolute atomic E-state index is 5.92. The maximum Gasteiger partial charge on any atom is 0.123 e. The van der Waals surface area contributed by atoms with E-state index in [4.69, 9.17) is 9.47 Å². The highest BCUT2D eigenvalue weighted by atomic mass is 16.5. The fourth-order valence-electron chi connectivity index (χ4n) is 3.34. The lowest BCUT2D eigenvalue weighted by Crippen LogP contribution is -2.48. The monoisotopic (exact) mass is 259 g/mol. The zero-order chi connectivity index (χ0) is 12.9. The minimum Gasteiger partial charge on any atom is -0.493 e. The van der Waals surface area contributed by atoms with Crippen molar-refractivity contribution < 1.29 is 9.47 Å². The van der Waals surface area contributed by atoms with Crippen LogP contribution >= 0.6 is 0 Å². The highest BCUT2D eigenvalue weighted by molar-refractivity contribution is 5.46. The molecular weight excluding hydrogens is 238 g/mol. The molecule has 1 saturated heterocycles. The summed E-state index contributed by atoms with van der Waals surface area (Å²) in [6.07, 6.45) is 3.86. The number of hydrogen-bond acceptors (Lipinski definition) is 3. The molecular formula is C16H21NO2. The number of rotatable bonds is 3. The molecule has 3 aliphatic rings. The molecule has 3 nitrogen and oxygen atoms in total. The molecule has 0 amide bonds. The normalized spacial score (nSPS) is 32.4. The van der Waals surface area contributed by atoms with Gasteiger partial charge in [-0.3, -0.25) is 0 Å². The number of ether oxygens (including phenoxy) is 2. The molecule has 0 bridgehead atoms. The van der Waals surface area contributed by atoms with Crippen LogP contribution in [0.1, 0.15) is 37.7 Å². The summed E-state index contributed by atoms with van der Waals surface area (Å²) in [6, 6.07) is 6.33. The van der Waals surface area contributed by atoms with E-state index in [-0.39, 0.29) is 5.54 Å². The predicted octanol–water partition coefficient (Wildman–Crippen LogP) is 2.70. The molecule has 1 aromatic carbocycles. The van der Waals surface area contributed by atoms with Gasteiger partial charge in [0.2, 0.25) is 0 Å². The van der Waals surface area contributed by atoms with Gasteiger partial charge in [0, 0.05) is 11.5 Å². The van der Waals surface area contributed by atoms with Gasteiger partial charge < -0.3 is 14.8 Å². The molecule has 1 aromatic rings. The third-order valence-electron chi connectivity index (χ3n) is 4.80. The van der Waals surface area contributed by atoms with Crippen molar-refractivity contribution in [3.63, 3.8) is 0 Å². The van der Waals surface area contributed by atoms with Gasteiger partial charge in [-0.05, 0) is 56.8 Å². The third-order valence-corrected chi connectivity index (χ3v) is 4.80. The van der Waals surface area contributed by atoms with Crippen LogP contribution in [0.2, 0.25) is 0 Å². The molecule has 0 aromatic heterocycles. The molecule has 2 aliphatic heterocycles. The Hall–Kier alpha value is -1.22. The molecule has 102 valence electrons. The van der Waals surface area contributed by atoms with E-state index in [0.717, 1.165) is 37.2 Å². The van der Waals surface area contributed by atoms with Gasteiger partial charge >= 0.3 is 0 Å². The van der Waals surface area contributed by atoms with E-state index in [2.05, 4.69) is 24.4 Å². The van der Waals surface area contributed by atoms with Crippen LogP contribution in [0.3, 0.4) is 0 Å². The zero-order valence-corrected chi connectivity index (χ0v) is 11.4. The Kier molecular flexibility index (Phi) is 2.52. The second kappa shape index (κ2) is 4.14. The zero-order valence-electron chi connectivity index (χ0n) is 11.4. The van der Waals surface area contributed by atoms with Crippen LogP contribution in [-0.2, 0) is 0 Å². The molecule has 0 radical (unpaired) electrons. The van der Waals surface area contributed by atoms with Crippen molar-refractivity contribution in [3.8, 4) is 11.5 Å². The second-order valence-corrected chi connectivity index (χ2v) is 6.43. The molecule has 1 saturated carbocycles. The Balaban J connectivity index is 1.61. The van der Waals surface area contributed by atoms with Gasteiger partial charge in [0.1, 0.15) is 18.1 Å². The molecule has 0 unspecified atom stereocenters. The standard InChI is InChI=1S/C16H21NO2/c1-16-10-19-15-5-4-12(18-9-11-2-3-11)8-13(15)14(16)6-7-17-16/h4-5,8,11,14,17H,2-3,6-7,9-10H2,1H3/t14-,16+/m0/s1. The molecule has 2 fully saturated rings. The SMILES string of the molecule is C[C@@]12COc3ccc(OCC4CC4)cc3[C@@H]1CCN2. The summed E-state index contributed by atoms with van der Waals surface area (Å²) < 4.78 is 11.8. The Morgan fingerprint density at radius 2 is 2.26 bits per heavy atom. The first kappa shape index (κ1) is 11.6. The van der Waals surface area contributed by atoms with E-state index in [1.54, 1.807) is 0 Å². The number of fused-ring (bicyclic) bond motifs is 3. The van der Waals surface area contributed by atoms with Crippen molar-refractivity contribution in [1.29, 1.82) is 0 Å². The van der Waals surface area contributed by atoms with Crippen LogP contribution < -0.4 is 14.8 Å². The van der Waals surface area contributed by atoms with Crippen LogP contribution in [-0.4, -0.2) is 25.3 Å². The molecule has 1 N–H and O–H groups in total. The van der Waals surface area contributed by atoms with Crippen LogP contribution in [0.4, 0.5) is 0 Å². The number of hydrogen-bond donors (Lipinski definition) is 1. The molecule has 4 rings (SSSR count). The van der Waals surface area contributed by atoms with E-state index in [1.807, 2.05) is 6.07 Å². The first-order valence-corrected chi connectivity index (χ1v) is 7.39. The summed E-state index contributed by atoms with van der Waals surface area (Å²) in [4.78, 5) is 0. The van der Waals surface area contributed by atoms with E-state index in [1.165, 1.54) is 24.8 Å². The Morgan fingerprint density at radius 1 is 1.37 bits per heavy atom. The lowest BCUT2D eigenvalue weighted by Gasteiger charge is -2.37. The van der Waals surface area contributed by atoms with Crippen LogP contribution in [0, 0.1) is 5.92 Å². The van der Waals surface area contributed by atoms with Gasteiger partial charge in [0.15, 0.2) is 0 Å². The van der Waals surface area contributed by atoms with Crippen LogP contribution in [0.5, 0.6) is 11.5 Å². The fourth-order valence-corrected chi connectivity index (χ4v) is 3.34. The minimum atomic E-state index is 0.0993. The average Bonchev–Trinajstić information content (AvgIpc) is 3.16. The second-order valence-electron chi connectivity index (χ2n) is 6.43. The summed E-state index contributed by atoms with van der Waals surface area (Å²) in [5, 5.41) is 3.59. The summed E-state index contributed by atoms with van der Waals surface area (Å²) in [5.41, 5.74) is 1.43. The highest BCUT2D eigenvalue weighted by Crippen LogP contribution is 2.45. The Bertz CT molecular complexity index is 498. The topological polar surface area (TPSA) is 30.5 Å². The van der Waals surface area contributed by atoms with E-state index >= 15 is 0 Å². The van der Waals surface area contributed by atoms with Gasteiger partial charge in [0.25, 0.3) is 0 Å². The smallest absolute Gasteiger partial charge is 0.123 e. The van der Waals surface area contributed by atoms with Crippen LogP contribution in [0.15, 0.2) is 18.2 Å². The Morgan fingerprint density at radius 3 is 3.11 bits per heavy atom. The Labute approximate surface area is 114 Å². The van der Waals surface area contributed by atoms with Gasteiger partial charge in [-0.15, -0.1) is 0 Å². The number of benzene rings is 1. The maximum atomic E-state index is 5.92. The summed E-state index contributed by atoms with van der Waals surface area (Å²) in [7, 11) is 0. The highest BCUT2D eigenvalue weighted by Gasteiger charge is 2.44. The summed E-state index contributed by atoms with van der Waals surface area (Å²) in [5.74, 6) is 3.40. The van der Waals surface area contributed by atoms with E-state index in [9.17, 15) is 0 Å². The first-order chi connectivity index (χ1) is 9.24. The lowest BCUT2D eigenvalue weighted by molar-refractivity contribution is 0.170. The quantitative estimate of drug-likeness (QED) is 0.905. The van der Waals surface area contributed by atoms with Gasteiger partial charge in [-0.2, -0.15) is 0 Å².